The Labute approximate surface area is 232 Å². The van der Waals surface area contributed by atoms with E-state index in [2.05, 4.69) is 33.1 Å². The summed E-state index contributed by atoms with van der Waals surface area (Å²) in [4.78, 5) is 33.4. The van der Waals surface area contributed by atoms with Crippen LogP contribution in [-0.2, 0) is 14.3 Å². The van der Waals surface area contributed by atoms with Crippen molar-refractivity contribution < 1.29 is 19.4 Å². The van der Waals surface area contributed by atoms with Crippen LogP contribution < -0.4 is 11.1 Å². The van der Waals surface area contributed by atoms with Crippen LogP contribution in [0.25, 0.3) is 28.1 Å². The molecule has 2 fully saturated rings. The largest absolute Gasteiger partial charge is 0.481 e. The average Bonchev–Trinajstić information content (AvgIpc) is 3.37. The van der Waals surface area contributed by atoms with Crippen molar-refractivity contribution in [2.75, 3.05) is 24.3 Å². The number of carboxylic acids is 1. The molecule has 1 aliphatic heterocycles. The number of rotatable bonds is 6. The zero-order valence-corrected chi connectivity index (χ0v) is 22.3. The molecule has 1 saturated carbocycles. The lowest BCUT2D eigenvalue weighted by atomic mass is 9.81. The predicted octanol–water partition coefficient (Wildman–Crippen LogP) is 5.39. The summed E-state index contributed by atoms with van der Waals surface area (Å²) in [6, 6.07) is 17.9. The number of imidazole rings is 1. The van der Waals surface area contributed by atoms with Gasteiger partial charge in [-0.1, -0.05) is 6.07 Å². The van der Waals surface area contributed by atoms with E-state index >= 15 is 0 Å². The second kappa shape index (κ2) is 11.1. The van der Waals surface area contributed by atoms with Gasteiger partial charge in [0.15, 0.2) is 0 Å². The summed E-state index contributed by atoms with van der Waals surface area (Å²) in [5.74, 6) is 0.210. The van der Waals surface area contributed by atoms with Gasteiger partial charge in [-0.2, -0.15) is 0 Å². The van der Waals surface area contributed by atoms with Gasteiger partial charge in [0, 0.05) is 36.7 Å². The number of nitrogen functional groups attached to an aromatic ring is 1. The molecule has 9 heteroatoms. The van der Waals surface area contributed by atoms with Crippen molar-refractivity contribution in [2.45, 2.75) is 44.4 Å². The summed E-state index contributed by atoms with van der Waals surface area (Å²) in [7, 11) is 0. The summed E-state index contributed by atoms with van der Waals surface area (Å²) < 4.78 is 7.68. The van der Waals surface area contributed by atoms with Gasteiger partial charge >= 0.3 is 5.97 Å². The molecule has 1 saturated heterocycles. The Hall–Kier alpha value is -4.24. The highest BCUT2D eigenvalue weighted by atomic mass is 16.5. The number of fused-ring (bicyclic) bond motifs is 1. The van der Waals surface area contributed by atoms with E-state index in [0.717, 1.165) is 48.3 Å². The van der Waals surface area contributed by atoms with Crippen molar-refractivity contribution in [3.05, 3.63) is 66.4 Å². The number of carbonyl (C=O) groups is 2. The van der Waals surface area contributed by atoms with Gasteiger partial charge in [-0.05, 0) is 98.5 Å². The topological polar surface area (TPSA) is 132 Å². The molecule has 2 aliphatic rings. The van der Waals surface area contributed by atoms with E-state index in [1.54, 1.807) is 6.20 Å². The lowest BCUT2D eigenvalue weighted by Gasteiger charge is -2.25. The van der Waals surface area contributed by atoms with Crippen LogP contribution in [0.5, 0.6) is 0 Å². The number of ether oxygens (including phenoxy) is 1. The van der Waals surface area contributed by atoms with E-state index in [9.17, 15) is 14.7 Å². The fourth-order valence-corrected chi connectivity index (χ4v) is 5.97. The average molecular weight is 540 g/mol. The standard InChI is InChI=1S/C31H33N5O4/c32-28-25(2-1-15-33-28)29-35-26-12-7-22(19-13-16-40-17-14-19)18-27(26)36(29)24-10-8-23(9-11-24)34-30(37)20-3-5-21(6-4-20)31(38)39/h1-2,7-12,15,18-21H,3-6,13-14,16-17H2,(H2,32,33)(H,34,37)(H,38,39)/t20-,21-. The van der Waals surface area contributed by atoms with Gasteiger partial charge in [-0.3, -0.25) is 14.2 Å². The second-order valence-electron chi connectivity index (χ2n) is 10.8. The molecule has 4 N–H and O–H groups in total. The van der Waals surface area contributed by atoms with Gasteiger partial charge in [0.05, 0.1) is 22.5 Å². The molecular formula is C31H33N5O4. The Morgan fingerprint density at radius 2 is 1.68 bits per heavy atom. The van der Waals surface area contributed by atoms with Gasteiger partial charge in [0.1, 0.15) is 11.6 Å². The Morgan fingerprint density at radius 1 is 0.950 bits per heavy atom. The van der Waals surface area contributed by atoms with E-state index in [1.807, 2.05) is 36.4 Å². The Balaban J connectivity index is 1.31. The highest BCUT2D eigenvalue weighted by Crippen LogP contribution is 2.35. The lowest BCUT2D eigenvalue weighted by Crippen LogP contribution is -2.29. The van der Waals surface area contributed by atoms with E-state index in [-0.39, 0.29) is 17.7 Å². The Bertz CT molecular complexity index is 1530. The molecule has 0 bridgehead atoms. The van der Waals surface area contributed by atoms with Crippen LogP contribution in [0.3, 0.4) is 0 Å². The number of nitrogens with two attached hydrogens (primary N) is 1. The van der Waals surface area contributed by atoms with E-state index in [1.165, 1.54) is 5.56 Å². The zero-order valence-electron chi connectivity index (χ0n) is 22.3. The van der Waals surface area contributed by atoms with Gasteiger partial charge in [0.2, 0.25) is 5.91 Å². The quantitative estimate of drug-likeness (QED) is 0.299. The van der Waals surface area contributed by atoms with Crippen LogP contribution in [-0.4, -0.2) is 44.7 Å². The summed E-state index contributed by atoms with van der Waals surface area (Å²) in [6.45, 7) is 1.54. The monoisotopic (exact) mass is 539 g/mol. The molecular weight excluding hydrogens is 506 g/mol. The molecule has 1 aliphatic carbocycles. The fourth-order valence-electron chi connectivity index (χ4n) is 5.97. The molecule has 0 unspecified atom stereocenters. The van der Waals surface area contributed by atoms with Crippen molar-refractivity contribution in [2.24, 2.45) is 11.8 Å². The van der Waals surface area contributed by atoms with Gasteiger partial charge in [-0.25, -0.2) is 9.97 Å². The molecule has 0 spiro atoms. The molecule has 3 heterocycles. The lowest BCUT2D eigenvalue weighted by molar-refractivity contribution is -0.143. The van der Waals surface area contributed by atoms with Crippen LogP contribution in [0.4, 0.5) is 11.5 Å². The van der Waals surface area contributed by atoms with Crippen molar-refractivity contribution in [3.63, 3.8) is 0 Å². The fraction of sp³-hybridized carbons (Fsp3) is 0.355. The molecule has 6 rings (SSSR count). The minimum Gasteiger partial charge on any atom is -0.481 e. The molecule has 9 nitrogen and oxygen atoms in total. The molecule has 2 aromatic carbocycles. The van der Waals surface area contributed by atoms with Crippen molar-refractivity contribution in [1.82, 2.24) is 14.5 Å². The molecule has 1 amide bonds. The number of benzene rings is 2. The zero-order chi connectivity index (χ0) is 27.6. The SMILES string of the molecule is Nc1ncccc1-c1nc2ccc(C3CCOCC3)cc2n1-c1ccc(NC(=O)[C@H]2CC[C@H](C(=O)O)CC2)cc1. The second-order valence-corrected chi connectivity index (χ2v) is 10.8. The van der Waals surface area contributed by atoms with Crippen LogP contribution >= 0.6 is 0 Å². The van der Waals surface area contributed by atoms with Crippen molar-refractivity contribution in [1.29, 1.82) is 0 Å². The number of aliphatic carboxylic acids is 1. The number of hydrogen-bond donors (Lipinski definition) is 3. The van der Waals surface area contributed by atoms with Crippen LogP contribution in [0.15, 0.2) is 60.8 Å². The highest BCUT2D eigenvalue weighted by molar-refractivity contribution is 5.93. The number of aromatic nitrogens is 3. The summed E-state index contributed by atoms with van der Waals surface area (Å²) in [6.07, 6.45) is 5.91. The molecule has 206 valence electrons. The first kappa shape index (κ1) is 26.0. The van der Waals surface area contributed by atoms with Crippen molar-refractivity contribution >= 4 is 34.4 Å². The van der Waals surface area contributed by atoms with Gasteiger partial charge in [-0.15, -0.1) is 0 Å². The number of amides is 1. The van der Waals surface area contributed by atoms with E-state index in [4.69, 9.17) is 15.5 Å². The maximum Gasteiger partial charge on any atom is 0.306 e. The normalized spacial score (nSPS) is 19.9. The molecule has 40 heavy (non-hydrogen) atoms. The highest BCUT2D eigenvalue weighted by Gasteiger charge is 2.30. The predicted molar refractivity (Wildman–Crippen MR) is 153 cm³/mol. The summed E-state index contributed by atoms with van der Waals surface area (Å²) >= 11 is 0. The maximum absolute atomic E-state index is 12.9. The number of carbonyl (C=O) groups excluding carboxylic acids is 1. The third-order valence-corrected chi connectivity index (χ3v) is 8.29. The molecule has 2 aromatic heterocycles. The minimum absolute atomic E-state index is 0.0606. The Kier molecular flexibility index (Phi) is 7.21. The molecule has 0 radical (unpaired) electrons. The first-order chi connectivity index (χ1) is 19.5. The first-order valence-electron chi connectivity index (χ1n) is 13.9. The summed E-state index contributed by atoms with van der Waals surface area (Å²) in [5, 5.41) is 12.3. The Morgan fingerprint density at radius 3 is 2.38 bits per heavy atom. The van der Waals surface area contributed by atoms with Crippen LogP contribution in [0.1, 0.15) is 50.0 Å². The number of carboxylic acid groups (broad SMARTS) is 1. The van der Waals surface area contributed by atoms with Crippen LogP contribution in [0.2, 0.25) is 0 Å². The summed E-state index contributed by atoms with van der Waals surface area (Å²) in [5.41, 5.74) is 11.7. The van der Waals surface area contributed by atoms with E-state index in [0.29, 0.717) is 48.9 Å². The number of anilines is 2. The minimum atomic E-state index is -0.770. The first-order valence-corrected chi connectivity index (χ1v) is 13.9. The van der Waals surface area contributed by atoms with E-state index < -0.39 is 5.97 Å². The third kappa shape index (κ3) is 5.16. The van der Waals surface area contributed by atoms with Crippen molar-refractivity contribution in [3.8, 4) is 17.1 Å². The van der Waals surface area contributed by atoms with Crippen LogP contribution in [0, 0.1) is 11.8 Å². The van der Waals surface area contributed by atoms with Gasteiger partial charge in [0.25, 0.3) is 0 Å². The number of pyridine rings is 1. The third-order valence-electron chi connectivity index (χ3n) is 8.29. The molecule has 0 atom stereocenters. The maximum atomic E-state index is 12.9. The number of nitrogens with zero attached hydrogens (tertiary/aromatic N) is 3. The molecule has 4 aromatic rings. The van der Waals surface area contributed by atoms with Gasteiger partial charge < -0.3 is 20.9 Å². The number of nitrogens with one attached hydrogen (secondary N) is 1. The number of hydrogen-bond acceptors (Lipinski definition) is 6. The smallest absolute Gasteiger partial charge is 0.306 e.